The van der Waals surface area contributed by atoms with Crippen LogP contribution in [0.5, 0.6) is 0 Å². The van der Waals surface area contributed by atoms with Crippen molar-refractivity contribution in [2.24, 2.45) is 0 Å². The smallest absolute Gasteiger partial charge is 0.243 e. The van der Waals surface area contributed by atoms with E-state index in [2.05, 4.69) is 5.32 Å². The normalized spacial score (nSPS) is 20.9. The molecule has 0 radical (unpaired) electrons. The number of ether oxygens (including phenoxy) is 2. The first-order valence-corrected chi connectivity index (χ1v) is 6.93. The predicted octanol–water partition coefficient (Wildman–Crippen LogP) is 0.513. The number of nitrogens with zero attached hydrogens (tertiary/aromatic N) is 1. The highest BCUT2D eigenvalue weighted by atomic mass is 16.7. The molecule has 1 heterocycles. The highest BCUT2D eigenvalue weighted by molar-refractivity contribution is 6.01. The van der Waals surface area contributed by atoms with E-state index in [1.807, 2.05) is 25.7 Å². The summed E-state index contributed by atoms with van der Waals surface area (Å²) in [7, 11) is 0. The molecular formula is C13H24N2O4. The second-order valence-corrected chi connectivity index (χ2v) is 4.44. The van der Waals surface area contributed by atoms with Crippen molar-refractivity contribution in [1.29, 1.82) is 0 Å². The fraction of sp³-hybridized carbons (Fsp3) is 0.846. The number of hydrogen-bond donors (Lipinski definition) is 1. The van der Waals surface area contributed by atoms with Crippen LogP contribution in [0.2, 0.25) is 0 Å². The van der Waals surface area contributed by atoms with Crippen molar-refractivity contribution in [3.05, 3.63) is 0 Å². The van der Waals surface area contributed by atoms with Crippen LogP contribution >= 0.6 is 0 Å². The molecule has 1 fully saturated rings. The van der Waals surface area contributed by atoms with E-state index in [9.17, 15) is 9.59 Å². The molecule has 1 atom stereocenters. The lowest BCUT2D eigenvalue weighted by Crippen LogP contribution is -2.58. The summed E-state index contributed by atoms with van der Waals surface area (Å²) >= 11 is 0. The topological polar surface area (TPSA) is 67.9 Å². The number of rotatable bonds is 8. The van der Waals surface area contributed by atoms with E-state index in [-0.39, 0.29) is 30.7 Å². The lowest BCUT2D eigenvalue weighted by atomic mass is 10.1. The minimum Gasteiger partial charge on any atom is -0.353 e. The molecule has 0 aliphatic carbocycles. The minimum absolute atomic E-state index is 0.205. The standard InChI is InChI=1S/C13H24N2O4/c1-4-10-13(17)14-11(16)9-15(10)8-7-12(18-5-2)19-6-3/h10,12H,4-9H2,1-3H3,(H,14,16,17). The molecule has 0 aromatic rings. The summed E-state index contributed by atoms with van der Waals surface area (Å²) in [6, 6.07) is -0.235. The summed E-state index contributed by atoms with van der Waals surface area (Å²) < 4.78 is 10.9. The van der Waals surface area contributed by atoms with Gasteiger partial charge in [-0.15, -0.1) is 0 Å². The van der Waals surface area contributed by atoms with Gasteiger partial charge < -0.3 is 9.47 Å². The van der Waals surface area contributed by atoms with E-state index >= 15 is 0 Å². The van der Waals surface area contributed by atoms with Crippen LogP contribution in [-0.2, 0) is 19.1 Å². The second-order valence-electron chi connectivity index (χ2n) is 4.44. The highest BCUT2D eigenvalue weighted by Crippen LogP contribution is 2.12. The molecule has 0 aromatic carbocycles. The third kappa shape index (κ3) is 4.89. The number of hydrogen-bond acceptors (Lipinski definition) is 5. The predicted molar refractivity (Wildman–Crippen MR) is 70.5 cm³/mol. The van der Waals surface area contributed by atoms with Crippen molar-refractivity contribution in [3.8, 4) is 0 Å². The molecule has 19 heavy (non-hydrogen) atoms. The number of piperazine rings is 1. The van der Waals surface area contributed by atoms with E-state index in [0.29, 0.717) is 32.6 Å². The molecule has 2 amide bonds. The Kier molecular flexibility index (Phi) is 6.97. The molecule has 110 valence electrons. The molecule has 0 saturated carbocycles. The van der Waals surface area contributed by atoms with Gasteiger partial charge in [-0.1, -0.05) is 6.92 Å². The number of carbonyl (C=O) groups excluding carboxylic acids is 2. The van der Waals surface area contributed by atoms with E-state index < -0.39 is 0 Å². The van der Waals surface area contributed by atoms with Crippen LogP contribution in [0.4, 0.5) is 0 Å². The Hall–Kier alpha value is -0.980. The SMILES string of the molecule is CCOC(CCN1CC(=O)NC(=O)C1CC)OCC. The number of carbonyl (C=O) groups is 2. The molecule has 1 aliphatic rings. The number of imide groups is 1. The van der Waals surface area contributed by atoms with Crippen molar-refractivity contribution in [2.75, 3.05) is 26.3 Å². The fourth-order valence-electron chi connectivity index (χ4n) is 2.26. The van der Waals surface area contributed by atoms with Crippen LogP contribution < -0.4 is 5.32 Å². The lowest BCUT2D eigenvalue weighted by molar-refractivity contribution is -0.149. The van der Waals surface area contributed by atoms with Crippen LogP contribution in [0.25, 0.3) is 0 Å². The van der Waals surface area contributed by atoms with Crippen molar-refractivity contribution >= 4 is 11.8 Å². The zero-order valence-corrected chi connectivity index (χ0v) is 12.0. The Morgan fingerprint density at radius 1 is 1.26 bits per heavy atom. The maximum Gasteiger partial charge on any atom is 0.243 e. The van der Waals surface area contributed by atoms with Crippen molar-refractivity contribution in [3.63, 3.8) is 0 Å². The molecule has 1 rings (SSSR count). The first-order chi connectivity index (χ1) is 9.12. The van der Waals surface area contributed by atoms with Gasteiger partial charge in [0.2, 0.25) is 11.8 Å². The van der Waals surface area contributed by atoms with Gasteiger partial charge in [-0.2, -0.15) is 0 Å². The molecule has 1 N–H and O–H groups in total. The maximum absolute atomic E-state index is 11.7. The van der Waals surface area contributed by atoms with Crippen LogP contribution in [-0.4, -0.2) is 55.3 Å². The van der Waals surface area contributed by atoms with Crippen LogP contribution in [0.3, 0.4) is 0 Å². The zero-order chi connectivity index (χ0) is 14.3. The van der Waals surface area contributed by atoms with Crippen LogP contribution in [0.1, 0.15) is 33.6 Å². The third-order valence-corrected chi connectivity index (χ3v) is 3.10. The second kappa shape index (κ2) is 8.24. The molecule has 0 aromatic heterocycles. The first-order valence-electron chi connectivity index (χ1n) is 6.93. The number of amides is 2. The Labute approximate surface area is 114 Å². The Morgan fingerprint density at radius 2 is 1.89 bits per heavy atom. The Bertz CT molecular complexity index is 303. The fourth-order valence-corrected chi connectivity index (χ4v) is 2.26. The van der Waals surface area contributed by atoms with Crippen molar-refractivity contribution < 1.29 is 19.1 Å². The largest absolute Gasteiger partial charge is 0.353 e. The molecule has 0 bridgehead atoms. The lowest BCUT2D eigenvalue weighted by Gasteiger charge is -2.34. The van der Waals surface area contributed by atoms with Gasteiger partial charge in [-0.05, 0) is 20.3 Å². The monoisotopic (exact) mass is 272 g/mol. The van der Waals surface area contributed by atoms with Crippen molar-refractivity contribution in [2.45, 2.75) is 45.9 Å². The molecule has 1 aliphatic heterocycles. The summed E-state index contributed by atoms with van der Waals surface area (Å²) in [4.78, 5) is 25.0. The quantitative estimate of drug-likeness (QED) is 0.515. The average Bonchev–Trinajstić information content (AvgIpc) is 2.36. The molecule has 1 unspecified atom stereocenters. The van der Waals surface area contributed by atoms with Gasteiger partial charge in [0.1, 0.15) is 0 Å². The Balaban J connectivity index is 2.52. The van der Waals surface area contributed by atoms with Crippen molar-refractivity contribution in [1.82, 2.24) is 10.2 Å². The van der Waals surface area contributed by atoms with E-state index in [1.165, 1.54) is 0 Å². The first kappa shape index (κ1) is 16.1. The highest BCUT2D eigenvalue weighted by Gasteiger charge is 2.32. The zero-order valence-electron chi connectivity index (χ0n) is 12.0. The maximum atomic E-state index is 11.7. The summed E-state index contributed by atoms with van der Waals surface area (Å²) in [6.45, 7) is 7.81. The van der Waals surface area contributed by atoms with E-state index in [4.69, 9.17) is 9.47 Å². The van der Waals surface area contributed by atoms with Gasteiger partial charge in [-0.25, -0.2) is 0 Å². The summed E-state index contributed by atoms with van der Waals surface area (Å²) in [5, 5.41) is 2.37. The van der Waals surface area contributed by atoms with E-state index in [0.717, 1.165) is 0 Å². The summed E-state index contributed by atoms with van der Waals surface area (Å²) in [5.74, 6) is -0.442. The van der Waals surface area contributed by atoms with Gasteiger partial charge in [-0.3, -0.25) is 19.8 Å². The molecule has 6 nitrogen and oxygen atoms in total. The third-order valence-electron chi connectivity index (χ3n) is 3.10. The molecular weight excluding hydrogens is 248 g/mol. The molecule has 0 spiro atoms. The van der Waals surface area contributed by atoms with Gasteiger partial charge in [0.05, 0.1) is 12.6 Å². The Morgan fingerprint density at radius 3 is 2.42 bits per heavy atom. The van der Waals surface area contributed by atoms with Gasteiger partial charge in [0.25, 0.3) is 0 Å². The summed E-state index contributed by atoms with van der Waals surface area (Å²) in [5.41, 5.74) is 0. The molecule has 6 heteroatoms. The summed E-state index contributed by atoms with van der Waals surface area (Å²) in [6.07, 6.45) is 1.07. The minimum atomic E-state index is -0.271. The molecule has 1 saturated heterocycles. The van der Waals surface area contributed by atoms with Crippen LogP contribution in [0, 0.1) is 0 Å². The number of nitrogens with one attached hydrogen (secondary N) is 1. The van der Waals surface area contributed by atoms with Crippen LogP contribution in [0.15, 0.2) is 0 Å². The van der Waals surface area contributed by atoms with Gasteiger partial charge in [0.15, 0.2) is 6.29 Å². The van der Waals surface area contributed by atoms with Gasteiger partial charge >= 0.3 is 0 Å². The van der Waals surface area contributed by atoms with E-state index in [1.54, 1.807) is 0 Å². The van der Waals surface area contributed by atoms with Gasteiger partial charge in [0, 0.05) is 26.2 Å². The average molecular weight is 272 g/mol.